The van der Waals surface area contributed by atoms with E-state index >= 15 is 0 Å². The van der Waals surface area contributed by atoms with Crippen molar-refractivity contribution in [3.63, 3.8) is 0 Å². The second kappa shape index (κ2) is 5.67. The quantitative estimate of drug-likeness (QED) is 0.690. The van der Waals surface area contributed by atoms with Gasteiger partial charge in [-0.2, -0.15) is 13.2 Å². The zero-order chi connectivity index (χ0) is 11.3. The van der Waals surface area contributed by atoms with Crippen LogP contribution in [0.4, 0.5) is 13.2 Å². The second-order valence-electron chi connectivity index (χ2n) is 3.73. The molecule has 15 heavy (non-hydrogen) atoms. The molecule has 0 radical (unpaired) electrons. The Morgan fingerprint density at radius 2 is 2.07 bits per heavy atom. The minimum absolute atomic E-state index is 0.0134. The molecule has 0 saturated heterocycles. The number of hydrogen-bond acceptors (Lipinski definition) is 3. The van der Waals surface area contributed by atoms with Crippen LogP contribution in [-0.2, 0) is 4.74 Å². The van der Waals surface area contributed by atoms with E-state index in [0.29, 0.717) is 6.54 Å². The lowest BCUT2D eigenvalue weighted by Gasteiger charge is -2.16. The number of nitrogens with one attached hydrogen (secondary N) is 1. The van der Waals surface area contributed by atoms with Crippen molar-refractivity contribution in [1.29, 1.82) is 0 Å². The third-order valence-corrected chi connectivity index (χ3v) is 2.40. The van der Waals surface area contributed by atoms with Gasteiger partial charge in [0.2, 0.25) is 0 Å². The van der Waals surface area contributed by atoms with Gasteiger partial charge in [-0.3, -0.25) is 0 Å². The maximum Gasteiger partial charge on any atom is 0.411 e. The van der Waals surface area contributed by atoms with E-state index in [1.807, 2.05) is 0 Å². The molecule has 0 aromatic heterocycles. The van der Waals surface area contributed by atoms with Crippen LogP contribution in [0, 0.1) is 0 Å². The zero-order valence-electron chi connectivity index (χ0n) is 8.39. The SMILES string of the molecule is OC1CCCC1NCCOCC(F)(F)F. The third kappa shape index (κ3) is 5.34. The Kier molecular flexibility index (Phi) is 4.82. The van der Waals surface area contributed by atoms with E-state index in [0.717, 1.165) is 19.3 Å². The molecule has 2 N–H and O–H groups in total. The highest BCUT2D eigenvalue weighted by Gasteiger charge is 2.27. The molecule has 0 spiro atoms. The lowest BCUT2D eigenvalue weighted by molar-refractivity contribution is -0.173. The molecule has 0 bridgehead atoms. The first-order valence-electron chi connectivity index (χ1n) is 5.05. The van der Waals surface area contributed by atoms with E-state index in [-0.39, 0.29) is 18.8 Å². The Morgan fingerprint density at radius 1 is 1.33 bits per heavy atom. The van der Waals surface area contributed by atoms with E-state index in [1.54, 1.807) is 0 Å². The lowest BCUT2D eigenvalue weighted by Crippen LogP contribution is -2.37. The van der Waals surface area contributed by atoms with Crippen molar-refractivity contribution in [3.05, 3.63) is 0 Å². The van der Waals surface area contributed by atoms with Gasteiger partial charge in [-0.25, -0.2) is 0 Å². The smallest absolute Gasteiger partial charge is 0.392 e. The number of alkyl halides is 3. The fourth-order valence-electron chi connectivity index (χ4n) is 1.68. The van der Waals surface area contributed by atoms with Crippen LogP contribution in [0.5, 0.6) is 0 Å². The van der Waals surface area contributed by atoms with E-state index in [2.05, 4.69) is 10.1 Å². The summed E-state index contributed by atoms with van der Waals surface area (Å²) in [4.78, 5) is 0. The van der Waals surface area contributed by atoms with E-state index < -0.39 is 12.8 Å². The van der Waals surface area contributed by atoms with Crippen molar-refractivity contribution in [2.75, 3.05) is 19.8 Å². The fourth-order valence-corrected chi connectivity index (χ4v) is 1.68. The highest BCUT2D eigenvalue weighted by Crippen LogP contribution is 2.18. The van der Waals surface area contributed by atoms with Crippen LogP contribution in [0.3, 0.4) is 0 Å². The van der Waals surface area contributed by atoms with Crippen molar-refractivity contribution in [2.45, 2.75) is 37.6 Å². The maximum absolute atomic E-state index is 11.7. The van der Waals surface area contributed by atoms with Crippen molar-refractivity contribution >= 4 is 0 Å². The Hall–Kier alpha value is -0.330. The topological polar surface area (TPSA) is 41.5 Å². The molecular weight excluding hydrogens is 211 g/mol. The number of ether oxygens (including phenoxy) is 1. The van der Waals surface area contributed by atoms with Gasteiger partial charge in [0.05, 0.1) is 12.7 Å². The number of rotatable bonds is 5. The van der Waals surface area contributed by atoms with Gasteiger partial charge in [0, 0.05) is 12.6 Å². The van der Waals surface area contributed by atoms with Crippen molar-refractivity contribution in [1.82, 2.24) is 5.32 Å². The summed E-state index contributed by atoms with van der Waals surface area (Å²) in [6, 6.07) is 0.0134. The average Bonchev–Trinajstić information content (AvgIpc) is 2.49. The summed E-state index contributed by atoms with van der Waals surface area (Å²) >= 11 is 0. The molecule has 1 aliphatic carbocycles. The van der Waals surface area contributed by atoms with Crippen molar-refractivity contribution in [3.8, 4) is 0 Å². The van der Waals surface area contributed by atoms with Crippen LogP contribution in [0.1, 0.15) is 19.3 Å². The molecule has 2 atom stereocenters. The zero-order valence-corrected chi connectivity index (χ0v) is 8.39. The predicted molar refractivity (Wildman–Crippen MR) is 48.5 cm³/mol. The number of halogens is 3. The normalized spacial score (nSPS) is 27.2. The minimum atomic E-state index is -4.26. The Labute approximate surface area is 86.6 Å². The Morgan fingerprint density at radius 3 is 2.60 bits per heavy atom. The molecule has 0 aromatic carbocycles. The van der Waals surface area contributed by atoms with Gasteiger partial charge < -0.3 is 15.2 Å². The molecule has 1 fully saturated rings. The summed E-state index contributed by atoms with van der Waals surface area (Å²) < 4.78 is 39.4. The number of aliphatic hydroxyl groups is 1. The van der Waals surface area contributed by atoms with E-state index in [1.165, 1.54) is 0 Å². The van der Waals surface area contributed by atoms with Crippen LogP contribution >= 0.6 is 0 Å². The summed E-state index contributed by atoms with van der Waals surface area (Å²) in [5.41, 5.74) is 0. The molecular formula is C9H16F3NO2. The van der Waals surface area contributed by atoms with Crippen LogP contribution in [-0.4, -0.2) is 43.2 Å². The summed E-state index contributed by atoms with van der Waals surface area (Å²) in [6.07, 6.45) is -2.02. The molecule has 90 valence electrons. The highest BCUT2D eigenvalue weighted by molar-refractivity contribution is 4.82. The molecule has 0 aliphatic heterocycles. The second-order valence-corrected chi connectivity index (χ2v) is 3.73. The summed E-state index contributed by atoms with van der Waals surface area (Å²) in [6.45, 7) is -0.845. The van der Waals surface area contributed by atoms with Crippen LogP contribution in [0.25, 0.3) is 0 Å². The van der Waals surface area contributed by atoms with Gasteiger partial charge in [0.15, 0.2) is 0 Å². The van der Waals surface area contributed by atoms with Crippen LogP contribution in [0.2, 0.25) is 0 Å². The fraction of sp³-hybridized carbons (Fsp3) is 1.00. The third-order valence-electron chi connectivity index (χ3n) is 2.40. The monoisotopic (exact) mass is 227 g/mol. The average molecular weight is 227 g/mol. The first-order valence-corrected chi connectivity index (χ1v) is 5.05. The summed E-state index contributed by atoms with van der Waals surface area (Å²) in [7, 11) is 0. The minimum Gasteiger partial charge on any atom is -0.392 e. The predicted octanol–water partition coefficient (Wildman–Crippen LogP) is 1.07. The molecule has 1 aliphatic rings. The first-order chi connectivity index (χ1) is 6.99. The van der Waals surface area contributed by atoms with Gasteiger partial charge in [-0.15, -0.1) is 0 Å². The standard InChI is InChI=1S/C9H16F3NO2/c10-9(11,12)6-15-5-4-13-7-2-1-3-8(7)14/h7-8,13-14H,1-6H2. The summed E-state index contributed by atoms with van der Waals surface area (Å²) in [5, 5.41) is 12.4. The number of aliphatic hydroxyl groups excluding tert-OH is 1. The summed E-state index contributed by atoms with van der Waals surface area (Å²) in [5.74, 6) is 0. The van der Waals surface area contributed by atoms with E-state index in [4.69, 9.17) is 0 Å². The van der Waals surface area contributed by atoms with Gasteiger partial charge >= 0.3 is 6.18 Å². The molecule has 2 unspecified atom stereocenters. The molecule has 0 aromatic rings. The molecule has 0 heterocycles. The first kappa shape index (κ1) is 12.7. The van der Waals surface area contributed by atoms with Gasteiger partial charge in [0.1, 0.15) is 6.61 Å². The van der Waals surface area contributed by atoms with Gasteiger partial charge in [-0.1, -0.05) is 0 Å². The van der Waals surface area contributed by atoms with Crippen molar-refractivity contribution in [2.24, 2.45) is 0 Å². The van der Waals surface area contributed by atoms with Gasteiger partial charge in [-0.05, 0) is 19.3 Å². The van der Waals surface area contributed by atoms with Crippen molar-refractivity contribution < 1.29 is 23.0 Å². The van der Waals surface area contributed by atoms with Crippen LogP contribution in [0.15, 0.2) is 0 Å². The molecule has 0 amide bonds. The van der Waals surface area contributed by atoms with Crippen LogP contribution < -0.4 is 5.32 Å². The molecule has 1 rings (SSSR count). The Balaban J connectivity index is 1.97. The number of hydrogen-bond donors (Lipinski definition) is 2. The molecule has 6 heteroatoms. The molecule has 1 saturated carbocycles. The molecule has 3 nitrogen and oxygen atoms in total. The van der Waals surface area contributed by atoms with E-state index in [9.17, 15) is 18.3 Å². The maximum atomic E-state index is 11.7. The Bertz CT molecular complexity index is 187. The van der Waals surface area contributed by atoms with Gasteiger partial charge in [0.25, 0.3) is 0 Å². The largest absolute Gasteiger partial charge is 0.411 e. The lowest BCUT2D eigenvalue weighted by atomic mass is 10.2. The highest BCUT2D eigenvalue weighted by atomic mass is 19.4.